The van der Waals surface area contributed by atoms with Gasteiger partial charge in [-0.1, -0.05) is 0 Å². The first-order valence-electron chi connectivity index (χ1n) is 7.27. The molecule has 1 aliphatic heterocycles. The van der Waals surface area contributed by atoms with Crippen molar-refractivity contribution in [2.75, 3.05) is 25.5 Å². The Morgan fingerprint density at radius 2 is 2.00 bits per heavy atom. The van der Waals surface area contributed by atoms with Gasteiger partial charge < -0.3 is 15.0 Å². The van der Waals surface area contributed by atoms with Crippen LogP contribution in [-0.4, -0.2) is 57.0 Å². The number of carbonyl (C=O) groups excluding carboxylic acids is 1. The zero-order chi connectivity index (χ0) is 17.3. The van der Waals surface area contributed by atoms with E-state index in [-0.39, 0.29) is 17.8 Å². The average Bonchev–Trinajstić information content (AvgIpc) is 2.98. The van der Waals surface area contributed by atoms with E-state index < -0.39 is 12.0 Å². The van der Waals surface area contributed by atoms with Gasteiger partial charge in [0.2, 0.25) is 0 Å². The standard InChI is InChI=1S/C13H15F3N6O2/c1-24-12(23)21-6-4-8(5-7-21)17-9-2-3-10-18-19-11(13(14,15)16)22(10)20-9/h2-3,8H,4-7H2,1H3,(H,17,20). The predicted molar refractivity (Wildman–Crippen MR) is 76.4 cm³/mol. The van der Waals surface area contributed by atoms with Gasteiger partial charge in [-0.25, -0.2) is 4.79 Å². The van der Waals surface area contributed by atoms with Gasteiger partial charge in [0.25, 0.3) is 5.82 Å². The minimum atomic E-state index is -4.63. The normalized spacial score (nSPS) is 16.4. The summed E-state index contributed by atoms with van der Waals surface area (Å²) < 4.78 is 43.9. The van der Waals surface area contributed by atoms with Crippen LogP contribution in [0.15, 0.2) is 12.1 Å². The lowest BCUT2D eigenvalue weighted by molar-refractivity contribution is -0.146. The Labute approximate surface area is 134 Å². The summed E-state index contributed by atoms with van der Waals surface area (Å²) in [5.74, 6) is -0.869. The molecule has 0 spiro atoms. The molecular weight excluding hydrogens is 329 g/mol. The topological polar surface area (TPSA) is 84.6 Å². The van der Waals surface area contributed by atoms with Crippen molar-refractivity contribution in [1.29, 1.82) is 0 Å². The maximum Gasteiger partial charge on any atom is 0.453 e. The van der Waals surface area contributed by atoms with E-state index in [0.29, 0.717) is 36.3 Å². The number of alkyl halides is 3. The molecule has 8 nitrogen and oxygen atoms in total. The minimum Gasteiger partial charge on any atom is -0.453 e. The van der Waals surface area contributed by atoms with Gasteiger partial charge in [-0.15, -0.1) is 15.3 Å². The van der Waals surface area contributed by atoms with Crippen LogP contribution in [0.1, 0.15) is 18.7 Å². The van der Waals surface area contributed by atoms with E-state index in [1.54, 1.807) is 11.0 Å². The molecule has 0 aliphatic carbocycles. The molecule has 24 heavy (non-hydrogen) atoms. The number of halogens is 3. The van der Waals surface area contributed by atoms with Crippen LogP contribution in [0, 0.1) is 0 Å². The second-order valence-corrected chi connectivity index (χ2v) is 5.39. The lowest BCUT2D eigenvalue weighted by Gasteiger charge is -2.31. The fourth-order valence-electron chi connectivity index (χ4n) is 2.59. The van der Waals surface area contributed by atoms with Crippen molar-refractivity contribution in [2.24, 2.45) is 0 Å². The van der Waals surface area contributed by atoms with Gasteiger partial charge >= 0.3 is 12.3 Å². The summed E-state index contributed by atoms with van der Waals surface area (Å²) in [5.41, 5.74) is 0.0217. The molecule has 1 aliphatic rings. The van der Waals surface area contributed by atoms with Crippen LogP contribution in [-0.2, 0) is 10.9 Å². The first kappa shape index (κ1) is 16.3. The van der Waals surface area contributed by atoms with Crippen molar-refractivity contribution < 1.29 is 22.7 Å². The van der Waals surface area contributed by atoms with E-state index in [0.717, 1.165) is 0 Å². The monoisotopic (exact) mass is 344 g/mol. The van der Waals surface area contributed by atoms with Crippen LogP contribution in [0.5, 0.6) is 0 Å². The number of hydrogen-bond acceptors (Lipinski definition) is 6. The molecule has 130 valence electrons. The Hall–Kier alpha value is -2.59. The fourth-order valence-corrected chi connectivity index (χ4v) is 2.59. The summed E-state index contributed by atoms with van der Waals surface area (Å²) in [5, 5.41) is 13.6. The van der Waals surface area contributed by atoms with Gasteiger partial charge in [0.15, 0.2) is 5.65 Å². The van der Waals surface area contributed by atoms with Crippen molar-refractivity contribution in [2.45, 2.75) is 25.1 Å². The van der Waals surface area contributed by atoms with Gasteiger partial charge in [-0.05, 0) is 25.0 Å². The van der Waals surface area contributed by atoms with E-state index >= 15 is 0 Å². The van der Waals surface area contributed by atoms with E-state index in [1.165, 1.54) is 13.2 Å². The molecule has 1 fully saturated rings. The van der Waals surface area contributed by atoms with E-state index in [1.807, 2.05) is 0 Å². The zero-order valence-corrected chi connectivity index (χ0v) is 12.7. The van der Waals surface area contributed by atoms with Gasteiger partial charge in [0.05, 0.1) is 7.11 Å². The lowest BCUT2D eigenvalue weighted by atomic mass is 10.1. The molecule has 2 aromatic rings. The van der Waals surface area contributed by atoms with E-state index in [4.69, 9.17) is 0 Å². The first-order valence-corrected chi connectivity index (χ1v) is 7.27. The molecule has 1 saturated heterocycles. The highest BCUT2D eigenvalue weighted by Gasteiger charge is 2.37. The summed E-state index contributed by atoms with van der Waals surface area (Å²) in [7, 11) is 1.32. The van der Waals surface area contributed by atoms with Crippen LogP contribution >= 0.6 is 0 Å². The van der Waals surface area contributed by atoms with E-state index in [9.17, 15) is 18.0 Å². The van der Waals surface area contributed by atoms with Gasteiger partial charge in [-0.2, -0.15) is 17.7 Å². The molecule has 0 saturated carbocycles. The number of fused-ring (bicyclic) bond motifs is 1. The Balaban J connectivity index is 1.71. The highest BCUT2D eigenvalue weighted by Crippen LogP contribution is 2.27. The minimum absolute atomic E-state index is 0.00155. The zero-order valence-electron chi connectivity index (χ0n) is 12.7. The predicted octanol–water partition coefficient (Wildman–Crippen LogP) is 1.79. The molecule has 1 amide bonds. The number of piperidine rings is 1. The van der Waals surface area contributed by atoms with Crippen molar-refractivity contribution in [3.8, 4) is 0 Å². The highest BCUT2D eigenvalue weighted by atomic mass is 19.4. The molecule has 0 aromatic carbocycles. The molecule has 3 heterocycles. The van der Waals surface area contributed by atoms with Crippen molar-refractivity contribution in [1.82, 2.24) is 24.7 Å². The molecule has 1 N–H and O–H groups in total. The number of likely N-dealkylation sites (tertiary alicyclic amines) is 1. The number of hydrogen-bond donors (Lipinski definition) is 1. The Kier molecular flexibility index (Phi) is 4.16. The van der Waals surface area contributed by atoms with Crippen LogP contribution in [0.25, 0.3) is 5.65 Å². The number of amides is 1. The van der Waals surface area contributed by atoms with Crippen LogP contribution in [0.3, 0.4) is 0 Å². The maximum absolute atomic E-state index is 12.9. The fraction of sp³-hybridized carbons (Fsp3) is 0.538. The third-order valence-corrected chi connectivity index (χ3v) is 3.80. The number of carbonyl (C=O) groups is 1. The van der Waals surface area contributed by atoms with Crippen LogP contribution < -0.4 is 5.32 Å². The second-order valence-electron chi connectivity index (χ2n) is 5.39. The Morgan fingerprint density at radius 1 is 1.29 bits per heavy atom. The molecule has 0 bridgehead atoms. The first-order chi connectivity index (χ1) is 11.4. The quantitative estimate of drug-likeness (QED) is 0.894. The number of rotatable bonds is 2. The van der Waals surface area contributed by atoms with Crippen molar-refractivity contribution in [3.63, 3.8) is 0 Å². The number of methoxy groups -OCH3 is 1. The highest BCUT2D eigenvalue weighted by molar-refractivity contribution is 5.67. The van der Waals surface area contributed by atoms with Gasteiger partial charge in [-0.3, -0.25) is 0 Å². The largest absolute Gasteiger partial charge is 0.453 e. The van der Waals surface area contributed by atoms with Gasteiger partial charge in [0.1, 0.15) is 5.82 Å². The number of anilines is 1. The third kappa shape index (κ3) is 3.19. The number of nitrogens with zero attached hydrogens (tertiary/aromatic N) is 5. The summed E-state index contributed by atoms with van der Waals surface area (Å²) in [4.78, 5) is 13.0. The summed E-state index contributed by atoms with van der Waals surface area (Å²) in [6.45, 7) is 1.01. The summed E-state index contributed by atoms with van der Waals surface area (Å²) in [6, 6.07) is 2.97. The molecule has 0 radical (unpaired) electrons. The van der Waals surface area contributed by atoms with E-state index in [2.05, 4.69) is 25.3 Å². The number of aromatic nitrogens is 4. The third-order valence-electron chi connectivity index (χ3n) is 3.80. The Morgan fingerprint density at radius 3 is 2.62 bits per heavy atom. The number of nitrogens with one attached hydrogen (secondary N) is 1. The SMILES string of the molecule is COC(=O)N1CCC(Nc2ccc3nnc(C(F)(F)F)n3n2)CC1. The summed E-state index contributed by atoms with van der Waals surface area (Å²) in [6.07, 6.45) is -3.73. The van der Waals surface area contributed by atoms with Crippen molar-refractivity contribution >= 4 is 17.6 Å². The number of ether oxygens (including phenoxy) is 1. The maximum atomic E-state index is 12.9. The van der Waals surface area contributed by atoms with Gasteiger partial charge in [0, 0.05) is 19.1 Å². The second kappa shape index (κ2) is 6.13. The van der Waals surface area contributed by atoms with Crippen LogP contribution in [0.2, 0.25) is 0 Å². The molecule has 0 unspecified atom stereocenters. The molecule has 3 rings (SSSR count). The molecular formula is C13H15F3N6O2. The molecule has 11 heteroatoms. The summed E-state index contributed by atoms with van der Waals surface area (Å²) >= 11 is 0. The average molecular weight is 344 g/mol. The smallest absolute Gasteiger partial charge is 0.453 e. The molecule has 0 atom stereocenters. The molecule has 2 aromatic heterocycles. The van der Waals surface area contributed by atoms with Crippen molar-refractivity contribution in [3.05, 3.63) is 18.0 Å². The lowest BCUT2D eigenvalue weighted by Crippen LogP contribution is -2.42. The van der Waals surface area contributed by atoms with Crippen LogP contribution in [0.4, 0.5) is 23.8 Å². The Bertz CT molecular complexity index is 739.